The van der Waals surface area contributed by atoms with E-state index in [-0.39, 0.29) is 0 Å². The first kappa shape index (κ1) is 59.0. The van der Waals surface area contributed by atoms with E-state index in [1.54, 1.807) is 57.5 Å². The molecule has 0 radical (unpaired) electrons. The van der Waals surface area contributed by atoms with Gasteiger partial charge in [-0.3, -0.25) is 9.44 Å². The maximum Gasteiger partial charge on any atom is 0.229 e. The summed E-state index contributed by atoms with van der Waals surface area (Å²) in [5.41, 5.74) is 24.7. The van der Waals surface area contributed by atoms with Crippen molar-refractivity contribution >= 4 is 111 Å². The number of aromatic nitrogens is 4. The van der Waals surface area contributed by atoms with Gasteiger partial charge in [-0.15, -0.1) is 45.3 Å². The number of nitrogens with one attached hydrogen (secondary N) is 2. The quantitative estimate of drug-likeness (QED) is 0.167. The molecule has 10 aromatic rings. The molecule has 4 aliphatic rings. The highest BCUT2D eigenvalue weighted by Gasteiger charge is 2.25. The molecular formula is C69H64N6O4S6. The van der Waals surface area contributed by atoms with Gasteiger partial charge in [0.1, 0.15) is 0 Å². The maximum absolute atomic E-state index is 11.5. The normalized spacial score (nSPS) is 14.8. The highest BCUT2D eigenvalue weighted by Crippen LogP contribution is 2.41. The van der Waals surface area contributed by atoms with Crippen molar-refractivity contribution in [1.29, 1.82) is 0 Å². The predicted molar refractivity (Wildman–Crippen MR) is 358 cm³/mol. The first-order chi connectivity index (χ1) is 40.9. The fourth-order valence-corrected chi connectivity index (χ4v) is 16.1. The van der Waals surface area contributed by atoms with Crippen LogP contribution in [0.3, 0.4) is 0 Å². The molecule has 0 fully saturated rings. The molecular weight excluding hydrogens is 1170 g/mol. The number of hydrogen-bond donors (Lipinski definition) is 2. The number of sulfonamides is 2. The second-order valence-electron chi connectivity index (χ2n) is 21.4. The third-order valence-corrected chi connectivity index (χ3v) is 20.2. The highest BCUT2D eigenvalue weighted by molar-refractivity contribution is 7.92. The molecule has 0 saturated carbocycles. The zero-order valence-electron chi connectivity index (χ0n) is 48.0. The molecule has 10 nitrogen and oxygen atoms in total. The predicted octanol–water partition coefficient (Wildman–Crippen LogP) is 15.9. The van der Waals surface area contributed by atoms with E-state index in [4.69, 9.17) is 9.97 Å². The number of hydrogen-bond acceptors (Lipinski definition) is 12. The van der Waals surface area contributed by atoms with E-state index in [0.29, 0.717) is 11.4 Å². The van der Waals surface area contributed by atoms with Gasteiger partial charge in [-0.25, -0.2) is 36.8 Å². The average molecular weight is 1230 g/mol. The van der Waals surface area contributed by atoms with E-state index >= 15 is 0 Å². The molecule has 0 unspecified atom stereocenters. The van der Waals surface area contributed by atoms with Crippen molar-refractivity contribution < 1.29 is 16.8 Å². The lowest BCUT2D eigenvalue weighted by molar-refractivity contribution is 0.605. The van der Waals surface area contributed by atoms with Gasteiger partial charge < -0.3 is 0 Å². The molecule has 4 heterocycles. The number of benzene rings is 6. The minimum atomic E-state index is -3.31. The fourth-order valence-electron chi connectivity index (χ4n) is 11.3. The lowest BCUT2D eigenvalue weighted by atomic mass is 9.97. The molecule has 430 valence electrons. The Morgan fingerprint density at radius 2 is 0.776 bits per heavy atom. The maximum atomic E-state index is 11.5. The van der Waals surface area contributed by atoms with Gasteiger partial charge in [0.2, 0.25) is 20.0 Å². The van der Waals surface area contributed by atoms with E-state index < -0.39 is 20.0 Å². The molecule has 6 aromatic carbocycles. The van der Waals surface area contributed by atoms with Crippen LogP contribution in [0, 0.1) is 20.8 Å². The number of rotatable bonds is 6. The van der Waals surface area contributed by atoms with Crippen molar-refractivity contribution in [3.63, 3.8) is 0 Å². The SMILES string of the molecule is C=C1c2ccccc2CCc2nc(C)sc21.C=C1c2ccccc2CCc2ncsc21.Cc1nc2c(s1)/C(=C/c1cccc(NS(C)(=O)=O)c1)c1ccccc1CC2.Cc1nc2c(s1)/C(=C\c1cccc(NS(C)(=O)=O)c1)c1ccccc1CC2. The molecule has 4 aromatic heterocycles. The van der Waals surface area contributed by atoms with Crippen molar-refractivity contribution in [3.8, 4) is 0 Å². The average Bonchev–Trinajstić information content (AvgIpc) is 2.58. The van der Waals surface area contributed by atoms with Gasteiger partial charge in [0.15, 0.2) is 0 Å². The second-order valence-corrected chi connectivity index (χ2v) is 29.3. The van der Waals surface area contributed by atoms with E-state index in [1.807, 2.05) is 55.8 Å². The van der Waals surface area contributed by atoms with E-state index in [9.17, 15) is 16.8 Å². The smallest absolute Gasteiger partial charge is 0.229 e. The first-order valence-corrected chi connectivity index (χ1v) is 35.1. The van der Waals surface area contributed by atoms with E-state index in [2.05, 4.69) is 149 Å². The molecule has 16 heteroatoms. The van der Waals surface area contributed by atoms with Crippen molar-refractivity contribution in [3.05, 3.63) is 277 Å². The zero-order chi connectivity index (χ0) is 59.4. The number of fused-ring (bicyclic) bond motifs is 8. The van der Waals surface area contributed by atoms with Crippen LogP contribution in [0.25, 0.3) is 34.4 Å². The van der Waals surface area contributed by atoms with Crippen LogP contribution in [0.1, 0.15) is 113 Å². The summed E-state index contributed by atoms with van der Waals surface area (Å²) in [6.45, 7) is 14.6. The number of nitrogens with zero attached hydrogens (tertiary/aromatic N) is 4. The molecule has 0 spiro atoms. The Bertz CT molecular complexity index is 4300. The molecule has 0 bridgehead atoms. The van der Waals surface area contributed by atoms with Crippen molar-refractivity contribution in [1.82, 2.24) is 19.9 Å². The van der Waals surface area contributed by atoms with Gasteiger partial charge in [-0.1, -0.05) is 134 Å². The van der Waals surface area contributed by atoms with Crippen LogP contribution in [0.2, 0.25) is 0 Å². The Labute approximate surface area is 515 Å². The second kappa shape index (κ2) is 25.5. The number of anilines is 2. The molecule has 0 aliphatic heterocycles. The summed E-state index contributed by atoms with van der Waals surface area (Å²) in [7, 11) is -6.61. The lowest BCUT2D eigenvalue weighted by Crippen LogP contribution is -2.09. The summed E-state index contributed by atoms with van der Waals surface area (Å²) in [6.07, 6.45) is 14.6. The Morgan fingerprint density at radius 1 is 0.424 bits per heavy atom. The zero-order valence-corrected chi connectivity index (χ0v) is 52.9. The van der Waals surface area contributed by atoms with Gasteiger partial charge in [0, 0.05) is 22.5 Å². The van der Waals surface area contributed by atoms with Crippen LogP contribution in [-0.4, -0.2) is 49.3 Å². The minimum absolute atomic E-state index is 0.564. The van der Waals surface area contributed by atoms with Crippen LogP contribution in [0.4, 0.5) is 11.4 Å². The summed E-state index contributed by atoms with van der Waals surface area (Å²) >= 11 is 6.90. The first-order valence-electron chi connectivity index (χ1n) is 28.0. The Balaban J connectivity index is 0.000000122. The third-order valence-electron chi connectivity index (χ3n) is 14.9. The summed E-state index contributed by atoms with van der Waals surface area (Å²) in [5, 5.41) is 3.28. The van der Waals surface area contributed by atoms with Crippen LogP contribution in [-0.2, 0) is 71.4 Å². The van der Waals surface area contributed by atoms with Gasteiger partial charge in [-0.2, -0.15) is 0 Å². The number of aryl methyl sites for hydroxylation is 11. The van der Waals surface area contributed by atoms with E-state index in [1.165, 1.54) is 75.4 Å². The molecule has 14 rings (SSSR count). The summed E-state index contributed by atoms with van der Waals surface area (Å²) in [5.74, 6) is 0. The van der Waals surface area contributed by atoms with Gasteiger partial charge in [0.25, 0.3) is 0 Å². The molecule has 2 N–H and O–H groups in total. The summed E-state index contributed by atoms with van der Waals surface area (Å²) < 4.78 is 51.3. The molecule has 4 aliphatic carbocycles. The largest absolute Gasteiger partial charge is 0.284 e. The third kappa shape index (κ3) is 14.2. The van der Waals surface area contributed by atoms with E-state index in [0.717, 1.165) is 124 Å². The van der Waals surface area contributed by atoms with Gasteiger partial charge >= 0.3 is 0 Å². The minimum Gasteiger partial charge on any atom is -0.284 e. The van der Waals surface area contributed by atoms with Crippen molar-refractivity contribution in [2.45, 2.75) is 72.1 Å². The fraction of sp³-hybridized carbons (Fsp3) is 0.188. The summed E-state index contributed by atoms with van der Waals surface area (Å²) in [6, 6.07) is 48.9. The molecule has 0 saturated heterocycles. The van der Waals surface area contributed by atoms with Crippen LogP contribution in [0.15, 0.2) is 164 Å². The monoisotopic (exact) mass is 1230 g/mol. The standard InChI is InChI=1S/2C21H20N2O2S2.C14H13NS.C13H11NS/c2*1-14-22-20-11-10-16-7-3-4-9-18(16)19(21(20)26-14)13-15-6-5-8-17(12-15)23-27(2,24)25;1-9-12-6-4-3-5-11(12)7-8-13-14(9)16-10(2)15-13;1-9-11-5-3-2-4-10(11)6-7-12-13(9)15-8-14-12/h2*3-9,12-13,23H,10-11H2,1-2H3;3-6H,1,7-8H2,2H3;2-5,8H,1,6-7H2/b19-13+;19-13-;;. The van der Waals surface area contributed by atoms with Crippen LogP contribution in [0.5, 0.6) is 0 Å². The molecule has 0 amide bonds. The Morgan fingerprint density at radius 3 is 1.20 bits per heavy atom. The topological polar surface area (TPSA) is 144 Å². The van der Waals surface area contributed by atoms with Crippen LogP contribution < -0.4 is 9.44 Å². The number of thiazole rings is 4. The van der Waals surface area contributed by atoms with Crippen molar-refractivity contribution in [2.75, 3.05) is 22.0 Å². The van der Waals surface area contributed by atoms with Crippen LogP contribution >= 0.6 is 45.3 Å². The Kier molecular flexibility index (Phi) is 17.7. The van der Waals surface area contributed by atoms with Crippen molar-refractivity contribution in [2.24, 2.45) is 0 Å². The molecule has 85 heavy (non-hydrogen) atoms. The van der Waals surface area contributed by atoms with Gasteiger partial charge in [0.05, 0.1) is 75.3 Å². The summed E-state index contributed by atoms with van der Waals surface area (Å²) in [4.78, 5) is 23.4. The lowest BCUT2D eigenvalue weighted by Gasteiger charge is -2.10. The highest BCUT2D eigenvalue weighted by atomic mass is 32.2. The van der Waals surface area contributed by atoms with Gasteiger partial charge in [-0.05, 0) is 175 Å². The molecule has 0 atom stereocenters. The Hall–Kier alpha value is -7.70.